The molecule has 0 radical (unpaired) electrons. The number of benzene rings is 2. The van der Waals surface area contributed by atoms with Crippen molar-refractivity contribution in [3.8, 4) is 16.8 Å². The van der Waals surface area contributed by atoms with Crippen molar-refractivity contribution in [2.75, 3.05) is 11.9 Å². The molecule has 0 bridgehead atoms. The third-order valence-electron chi connectivity index (χ3n) is 6.77. The van der Waals surface area contributed by atoms with E-state index in [0.717, 1.165) is 21.7 Å². The fraction of sp³-hybridized carbons (Fsp3) is 0.286. The highest BCUT2D eigenvalue weighted by Gasteiger charge is 2.46. The van der Waals surface area contributed by atoms with E-state index in [-0.39, 0.29) is 37.7 Å². The standard InChI is InChI=1S/C28H27F3N6O2/c29-28(30,31)24-11-4-5-14-36(24)25(38)13-12-22-18-37(23-9-2-1-3-10-23)27(34-22)35-26(39)20-8-6-7-19(15-20)21-16-32-33-17-21/h1-3,6-10,15-18,24H,4-5,11-14H2,(H,32,33)(H,34,35,39)/t24-/m0/s1. The zero-order valence-corrected chi connectivity index (χ0v) is 21.0. The van der Waals surface area contributed by atoms with Gasteiger partial charge in [0.15, 0.2) is 0 Å². The van der Waals surface area contributed by atoms with E-state index in [1.807, 2.05) is 36.4 Å². The highest BCUT2D eigenvalue weighted by molar-refractivity contribution is 6.04. The van der Waals surface area contributed by atoms with Crippen molar-refractivity contribution < 1.29 is 22.8 Å². The molecule has 2 amide bonds. The van der Waals surface area contributed by atoms with Crippen molar-refractivity contribution in [2.24, 2.45) is 0 Å². The number of carbonyl (C=O) groups is 2. The Kier molecular flexibility index (Phi) is 7.49. The van der Waals surface area contributed by atoms with Crippen LogP contribution < -0.4 is 5.32 Å². The molecule has 4 aromatic rings. The van der Waals surface area contributed by atoms with Gasteiger partial charge in [-0.25, -0.2) is 4.98 Å². The number of carbonyl (C=O) groups excluding carboxylic acids is 2. The Morgan fingerprint density at radius 1 is 1.05 bits per heavy atom. The Morgan fingerprint density at radius 3 is 2.62 bits per heavy atom. The van der Waals surface area contributed by atoms with E-state index >= 15 is 0 Å². The first-order chi connectivity index (χ1) is 18.8. The SMILES string of the molecule is O=C(Nc1nc(CCC(=O)N2CCCC[C@H]2C(F)(F)F)cn1-c1ccccc1)c1cccc(-c2cn[nH]c2)c1. The predicted molar refractivity (Wildman–Crippen MR) is 139 cm³/mol. The van der Waals surface area contributed by atoms with Gasteiger partial charge in [0, 0.05) is 48.6 Å². The highest BCUT2D eigenvalue weighted by atomic mass is 19.4. The number of piperidine rings is 1. The summed E-state index contributed by atoms with van der Waals surface area (Å²) in [6.45, 7) is 0.0979. The molecule has 0 unspecified atom stereocenters. The van der Waals surface area contributed by atoms with Crippen LogP contribution in [0.3, 0.4) is 0 Å². The van der Waals surface area contributed by atoms with Gasteiger partial charge in [-0.3, -0.25) is 24.6 Å². The smallest absolute Gasteiger partial charge is 0.331 e. The number of alkyl halides is 3. The molecule has 5 rings (SSSR count). The maximum Gasteiger partial charge on any atom is 0.408 e. The first kappa shape index (κ1) is 26.2. The second kappa shape index (κ2) is 11.1. The van der Waals surface area contributed by atoms with Crippen molar-refractivity contribution in [1.82, 2.24) is 24.6 Å². The highest BCUT2D eigenvalue weighted by Crippen LogP contribution is 2.32. The zero-order valence-electron chi connectivity index (χ0n) is 21.0. The molecule has 0 spiro atoms. The number of halogens is 3. The fourth-order valence-corrected chi connectivity index (χ4v) is 4.79. The number of H-pyrrole nitrogens is 1. The molecule has 2 N–H and O–H groups in total. The number of imidazole rings is 1. The number of aromatic nitrogens is 4. The summed E-state index contributed by atoms with van der Waals surface area (Å²) in [5.74, 6) is -0.687. The van der Waals surface area contributed by atoms with Gasteiger partial charge in [-0.2, -0.15) is 18.3 Å². The lowest BCUT2D eigenvalue weighted by atomic mass is 10.0. The lowest BCUT2D eigenvalue weighted by Gasteiger charge is -2.36. The van der Waals surface area contributed by atoms with Crippen LogP contribution in [-0.4, -0.2) is 55.2 Å². The van der Waals surface area contributed by atoms with E-state index in [9.17, 15) is 22.8 Å². The molecule has 39 heavy (non-hydrogen) atoms. The number of aryl methyl sites for hydroxylation is 1. The molecule has 0 saturated carbocycles. The molecular weight excluding hydrogens is 509 g/mol. The maximum atomic E-state index is 13.5. The molecule has 1 atom stereocenters. The Bertz CT molecular complexity index is 1430. The molecule has 1 aliphatic rings. The topological polar surface area (TPSA) is 95.9 Å². The van der Waals surface area contributed by atoms with Gasteiger partial charge in [0.2, 0.25) is 11.9 Å². The summed E-state index contributed by atoms with van der Waals surface area (Å²) in [6, 6.07) is 14.5. The summed E-state index contributed by atoms with van der Waals surface area (Å²) in [5, 5.41) is 9.53. The van der Waals surface area contributed by atoms with E-state index in [2.05, 4.69) is 20.5 Å². The number of nitrogens with one attached hydrogen (secondary N) is 2. The van der Waals surface area contributed by atoms with Gasteiger partial charge in [0.05, 0.1) is 11.9 Å². The summed E-state index contributed by atoms with van der Waals surface area (Å²) in [7, 11) is 0. The molecular formula is C28H27F3N6O2. The first-order valence-electron chi connectivity index (χ1n) is 12.7. The van der Waals surface area contributed by atoms with Crippen LogP contribution in [0.4, 0.5) is 19.1 Å². The van der Waals surface area contributed by atoms with Gasteiger partial charge < -0.3 is 4.90 Å². The number of rotatable bonds is 7. The molecule has 1 saturated heterocycles. The number of hydrogen-bond donors (Lipinski definition) is 2. The number of nitrogens with zero attached hydrogens (tertiary/aromatic N) is 4. The molecule has 2 aromatic heterocycles. The largest absolute Gasteiger partial charge is 0.408 e. The number of likely N-dealkylation sites (tertiary alicyclic amines) is 1. The number of anilines is 1. The molecule has 1 fully saturated rings. The van der Waals surface area contributed by atoms with Crippen LogP contribution >= 0.6 is 0 Å². The minimum atomic E-state index is -4.45. The molecule has 1 aliphatic heterocycles. The first-order valence-corrected chi connectivity index (χ1v) is 12.7. The molecule has 8 nitrogen and oxygen atoms in total. The van der Waals surface area contributed by atoms with Gasteiger partial charge in [0.1, 0.15) is 6.04 Å². The second-order valence-electron chi connectivity index (χ2n) is 9.42. The van der Waals surface area contributed by atoms with E-state index < -0.39 is 18.1 Å². The van der Waals surface area contributed by atoms with Gasteiger partial charge in [-0.15, -0.1) is 0 Å². The fourth-order valence-electron chi connectivity index (χ4n) is 4.79. The summed E-state index contributed by atoms with van der Waals surface area (Å²) in [4.78, 5) is 31.5. The number of aromatic amines is 1. The number of amides is 2. The third kappa shape index (κ3) is 6.02. The summed E-state index contributed by atoms with van der Waals surface area (Å²) in [6.07, 6.45) is 1.59. The summed E-state index contributed by atoms with van der Waals surface area (Å²) < 4.78 is 42.1. The van der Waals surface area contributed by atoms with Crippen LogP contribution in [0.2, 0.25) is 0 Å². The van der Waals surface area contributed by atoms with E-state index in [0.29, 0.717) is 24.1 Å². The van der Waals surface area contributed by atoms with Gasteiger partial charge in [0.25, 0.3) is 5.91 Å². The van der Waals surface area contributed by atoms with Crippen LogP contribution in [0.1, 0.15) is 41.7 Å². The summed E-state index contributed by atoms with van der Waals surface area (Å²) >= 11 is 0. The van der Waals surface area contributed by atoms with E-state index in [1.165, 1.54) is 0 Å². The third-order valence-corrected chi connectivity index (χ3v) is 6.77. The minimum Gasteiger partial charge on any atom is -0.331 e. The molecule has 11 heteroatoms. The lowest BCUT2D eigenvalue weighted by Crippen LogP contribution is -2.51. The second-order valence-corrected chi connectivity index (χ2v) is 9.42. The Hall–Kier alpha value is -4.41. The van der Waals surface area contributed by atoms with E-state index in [1.54, 1.807) is 41.4 Å². The van der Waals surface area contributed by atoms with Crippen LogP contribution in [-0.2, 0) is 11.2 Å². The maximum absolute atomic E-state index is 13.5. The van der Waals surface area contributed by atoms with Gasteiger partial charge >= 0.3 is 6.18 Å². The van der Waals surface area contributed by atoms with Gasteiger partial charge in [-0.05, 0) is 49.1 Å². The van der Waals surface area contributed by atoms with E-state index in [4.69, 9.17) is 0 Å². The van der Waals surface area contributed by atoms with Crippen molar-refractivity contribution >= 4 is 17.8 Å². The average molecular weight is 537 g/mol. The average Bonchev–Trinajstić information content (AvgIpc) is 3.62. The monoisotopic (exact) mass is 536 g/mol. The quantitative estimate of drug-likeness (QED) is 0.331. The van der Waals surface area contributed by atoms with Gasteiger partial charge in [-0.1, -0.05) is 30.3 Å². The van der Waals surface area contributed by atoms with Crippen molar-refractivity contribution in [1.29, 1.82) is 0 Å². The number of para-hydroxylation sites is 1. The molecule has 2 aromatic carbocycles. The van der Waals surface area contributed by atoms with Crippen molar-refractivity contribution in [3.63, 3.8) is 0 Å². The van der Waals surface area contributed by atoms with Crippen molar-refractivity contribution in [2.45, 2.75) is 44.3 Å². The minimum absolute atomic E-state index is 0.0736. The number of hydrogen-bond acceptors (Lipinski definition) is 4. The van der Waals surface area contributed by atoms with Crippen LogP contribution in [0.5, 0.6) is 0 Å². The lowest BCUT2D eigenvalue weighted by molar-refractivity contribution is -0.195. The zero-order chi connectivity index (χ0) is 27.4. The Morgan fingerprint density at radius 2 is 1.87 bits per heavy atom. The molecule has 0 aliphatic carbocycles. The van der Waals surface area contributed by atoms with Crippen molar-refractivity contribution in [3.05, 3.63) is 84.4 Å². The Labute approximate surface area is 222 Å². The summed E-state index contributed by atoms with van der Waals surface area (Å²) in [5.41, 5.74) is 3.28. The van der Waals surface area contributed by atoms with Crippen LogP contribution in [0.25, 0.3) is 16.8 Å². The normalized spacial score (nSPS) is 15.8. The van der Waals surface area contributed by atoms with Crippen LogP contribution in [0.15, 0.2) is 73.2 Å². The van der Waals surface area contributed by atoms with Crippen LogP contribution in [0, 0.1) is 0 Å². The Balaban J connectivity index is 1.35. The molecule has 3 heterocycles. The predicted octanol–water partition coefficient (Wildman–Crippen LogP) is 5.39. The molecule has 202 valence electrons.